The minimum absolute atomic E-state index is 0.423. The van der Waals surface area contributed by atoms with Gasteiger partial charge in [0.15, 0.2) is 12.4 Å². The van der Waals surface area contributed by atoms with Crippen LogP contribution in [0.5, 0.6) is 11.5 Å². The summed E-state index contributed by atoms with van der Waals surface area (Å²) in [5, 5.41) is 8.25. The van der Waals surface area contributed by atoms with Crippen LogP contribution in [-0.4, -0.2) is 24.8 Å². The van der Waals surface area contributed by atoms with Crippen molar-refractivity contribution in [2.45, 2.75) is 0 Å². The number of hydrogen-bond acceptors (Lipinski definition) is 4. The summed E-state index contributed by atoms with van der Waals surface area (Å²) in [6, 6.07) is 6.58. The minimum atomic E-state index is -1.08. The van der Waals surface area contributed by atoms with Gasteiger partial charge in [-0.05, 0) is 24.3 Å². The summed E-state index contributed by atoms with van der Waals surface area (Å²) >= 11 is 0. The average molecular weight is 198 g/mol. The van der Waals surface area contributed by atoms with E-state index in [1.54, 1.807) is 31.4 Å². The van der Waals surface area contributed by atoms with Crippen LogP contribution in [0.4, 0.5) is 0 Å². The first-order valence-corrected chi connectivity index (χ1v) is 3.87. The second kappa shape index (κ2) is 5.08. The van der Waals surface area contributed by atoms with Crippen molar-refractivity contribution in [2.24, 2.45) is 0 Å². The van der Waals surface area contributed by atoms with E-state index in [2.05, 4.69) is 9.78 Å². The maximum atomic E-state index is 10.1. The topological polar surface area (TPSA) is 65.0 Å². The van der Waals surface area contributed by atoms with Crippen LogP contribution >= 0.6 is 0 Å². The Labute approximate surface area is 80.8 Å². The summed E-state index contributed by atoms with van der Waals surface area (Å²) in [5.74, 6) is 0.0288. The Morgan fingerprint density at radius 3 is 2.36 bits per heavy atom. The molecule has 0 saturated carbocycles. The highest BCUT2D eigenvalue weighted by atomic mass is 17.2. The summed E-state index contributed by atoms with van der Waals surface area (Å²) in [6.07, 6.45) is 0. The van der Waals surface area contributed by atoms with Gasteiger partial charge in [-0.1, -0.05) is 0 Å². The van der Waals surface area contributed by atoms with Crippen LogP contribution in [0.1, 0.15) is 0 Å². The van der Waals surface area contributed by atoms with E-state index < -0.39 is 12.6 Å². The number of carbonyl (C=O) groups is 1. The summed E-state index contributed by atoms with van der Waals surface area (Å²) in [7, 11) is 1.55. The van der Waals surface area contributed by atoms with E-state index in [9.17, 15) is 4.79 Å². The van der Waals surface area contributed by atoms with Gasteiger partial charge in [0.2, 0.25) is 0 Å². The molecule has 0 bridgehead atoms. The summed E-state index contributed by atoms with van der Waals surface area (Å²) in [4.78, 5) is 19.2. The van der Waals surface area contributed by atoms with E-state index >= 15 is 0 Å². The first-order chi connectivity index (χ1) is 6.72. The normalized spacial score (nSPS) is 9.50. The van der Waals surface area contributed by atoms with E-state index in [0.717, 1.165) is 0 Å². The van der Waals surface area contributed by atoms with E-state index in [4.69, 9.17) is 9.84 Å². The second-order valence-corrected chi connectivity index (χ2v) is 2.41. The molecule has 14 heavy (non-hydrogen) atoms. The molecule has 0 fully saturated rings. The summed E-state index contributed by atoms with van der Waals surface area (Å²) in [6.45, 7) is -0.494. The number of rotatable bonds is 5. The average Bonchev–Trinajstić information content (AvgIpc) is 2.18. The fourth-order valence-corrected chi connectivity index (χ4v) is 0.779. The Kier molecular flexibility index (Phi) is 3.75. The molecule has 0 radical (unpaired) electrons. The van der Waals surface area contributed by atoms with Crippen LogP contribution in [0, 0.1) is 0 Å². The maximum Gasteiger partial charge on any atom is 0.334 e. The van der Waals surface area contributed by atoms with Crippen molar-refractivity contribution in [1.29, 1.82) is 0 Å². The van der Waals surface area contributed by atoms with Gasteiger partial charge < -0.3 is 14.7 Å². The van der Waals surface area contributed by atoms with Gasteiger partial charge in [-0.3, -0.25) is 0 Å². The number of hydrogen-bond donors (Lipinski definition) is 1. The first kappa shape index (κ1) is 10.3. The second-order valence-electron chi connectivity index (χ2n) is 2.41. The molecule has 0 atom stereocenters. The quantitative estimate of drug-likeness (QED) is 0.566. The lowest BCUT2D eigenvalue weighted by molar-refractivity contribution is -0.213. The highest BCUT2D eigenvalue weighted by Gasteiger charge is 1.99. The van der Waals surface area contributed by atoms with E-state index in [-0.39, 0.29) is 0 Å². The Balaban J connectivity index is 2.40. The van der Waals surface area contributed by atoms with Gasteiger partial charge in [-0.25, -0.2) is 4.79 Å². The molecule has 1 aromatic rings. The predicted molar refractivity (Wildman–Crippen MR) is 47.2 cm³/mol. The summed E-state index contributed by atoms with van der Waals surface area (Å²) < 4.78 is 4.92. The molecule has 0 spiro atoms. The van der Waals surface area contributed by atoms with E-state index in [1.807, 2.05) is 0 Å². The highest BCUT2D eigenvalue weighted by Crippen LogP contribution is 2.16. The molecular weight excluding hydrogens is 188 g/mol. The Bertz CT molecular complexity index is 293. The molecular formula is C9H10O5. The van der Waals surface area contributed by atoms with Gasteiger partial charge in [0.05, 0.1) is 7.11 Å². The number of ether oxygens (including phenoxy) is 1. The minimum Gasteiger partial charge on any atom is -0.497 e. The lowest BCUT2D eigenvalue weighted by Gasteiger charge is -2.03. The van der Waals surface area contributed by atoms with E-state index in [1.165, 1.54) is 0 Å². The third kappa shape index (κ3) is 3.32. The SMILES string of the molecule is COc1ccc(OOCC(=O)O)cc1. The number of carboxylic acids is 1. The fraction of sp³-hybridized carbons (Fsp3) is 0.222. The fourth-order valence-electron chi connectivity index (χ4n) is 0.779. The molecule has 0 amide bonds. The molecule has 1 rings (SSSR count). The number of benzene rings is 1. The number of methoxy groups -OCH3 is 1. The predicted octanol–water partition coefficient (Wildman–Crippen LogP) is 1.09. The lowest BCUT2D eigenvalue weighted by Crippen LogP contribution is -2.09. The smallest absolute Gasteiger partial charge is 0.334 e. The third-order valence-corrected chi connectivity index (χ3v) is 1.40. The number of aliphatic carboxylic acids is 1. The molecule has 0 aliphatic carbocycles. The van der Waals surface area contributed by atoms with Crippen LogP contribution in [0.15, 0.2) is 24.3 Å². The molecule has 5 nitrogen and oxygen atoms in total. The molecule has 0 saturated heterocycles. The molecule has 0 heterocycles. The van der Waals surface area contributed by atoms with Gasteiger partial charge in [-0.2, -0.15) is 4.89 Å². The standard InChI is InChI=1S/C9H10O5/c1-12-7-2-4-8(5-3-7)14-13-6-9(10)11/h2-5H,6H2,1H3,(H,10,11). The van der Waals surface area contributed by atoms with Gasteiger partial charge in [0.25, 0.3) is 0 Å². The molecule has 76 valence electrons. The van der Waals surface area contributed by atoms with Crippen LogP contribution in [0.3, 0.4) is 0 Å². The molecule has 1 N–H and O–H groups in total. The van der Waals surface area contributed by atoms with E-state index in [0.29, 0.717) is 11.5 Å². The Morgan fingerprint density at radius 1 is 1.29 bits per heavy atom. The van der Waals surface area contributed by atoms with Gasteiger partial charge in [0.1, 0.15) is 5.75 Å². The summed E-state index contributed by atoms with van der Waals surface area (Å²) in [5.41, 5.74) is 0. The zero-order valence-corrected chi connectivity index (χ0v) is 7.60. The lowest BCUT2D eigenvalue weighted by atomic mass is 10.3. The van der Waals surface area contributed by atoms with Crippen molar-refractivity contribution in [3.05, 3.63) is 24.3 Å². The molecule has 0 aliphatic heterocycles. The van der Waals surface area contributed by atoms with Crippen LogP contribution < -0.4 is 9.62 Å². The van der Waals surface area contributed by atoms with Crippen molar-refractivity contribution < 1.29 is 24.4 Å². The van der Waals surface area contributed by atoms with Crippen LogP contribution in [0.2, 0.25) is 0 Å². The maximum absolute atomic E-state index is 10.1. The zero-order valence-electron chi connectivity index (χ0n) is 7.60. The van der Waals surface area contributed by atoms with Gasteiger partial charge in [-0.15, -0.1) is 0 Å². The Morgan fingerprint density at radius 2 is 1.86 bits per heavy atom. The largest absolute Gasteiger partial charge is 0.497 e. The van der Waals surface area contributed by atoms with Gasteiger partial charge in [0, 0.05) is 0 Å². The van der Waals surface area contributed by atoms with Gasteiger partial charge >= 0.3 is 5.97 Å². The molecule has 1 aromatic carbocycles. The van der Waals surface area contributed by atoms with Crippen molar-refractivity contribution >= 4 is 5.97 Å². The Hall–Kier alpha value is -1.75. The van der Waals surface area contributed by atoms with Crippen molar-refractivity contribution in [3.8, 4) is 11.5 Å². The highest BCUT2D eigenvalue weighted by molar-refractivity contribution is 5.67. The molecule has 0 aliphatic rings. The first-order valence-electron chi connectivity index (χ1n) is 3.87. The van der Waals surface area contributed by atoms with Crippen LogP contribution in [0.25, 0.3) is 0 Å². The third-order valence-electron chi connectivity index (χ3n) is 1.40. The molecule has 5 heteroatoms. The number of carboxylic acid groups (broad SMARTS) is 1. The van der Waals surface area contributed by atoms with Crippen molar-refractivity contribution in [3.63, 3.8) is 0 Å². The zero-order chi connectivity index (χ0) is 10.4. The van der Waals surface area contributed by atoms with Crippen molar-refractivity contribution in [1.82, 2.24) is 0 Å². The van der Waals surface area contributed by atoms with Crippen LogP contribution in [-0.2, 0) is 9.68 Å². The molecule has 0 unspecified atom stereocenters. The van der Waals surface area contributed by atoms with Crippen molar-refractivity contribution in [2.75, 3.05) is 13.7 Å². The monoisotopic (exact) mass is 198 g/mol. The molecule has 0 aromatic heterocycles.